The van der Waals surface area contributed by atoms with Gasteiger partial charge in [0, 0.05) is 10.8 Å². The monoisotopic (exact) mass is 287 g/mol. The predicted molar refractivity (Wildman–Crippen MR) is 78.8 cm³/mol. The molecule has 0 spiro atoms. The van der Waals surface area contributed by atoms with Gasteiger partial charge in [-0.1, -0.05) is 6.07 Å². The zero-order chi connectivity index (χ0) is 14.1. The number of rotatable bonds is 3. The number of thiazole rings is 1. The van der Waals surface area contributed by atoms with Gasteiger partial charge in [0.05, 0.1) is 23.4 Å². The van der Waals surface area contributed by atoms with E-state index in [9.17, 15) is 4.79 Å². The Labute approximate surface area is 119 Å². The van der Waals surface area contributed by atoms with Crippen LogP contribution < -0.4 is 11.1 Å². The largest absolute Gasteiger partial charge is 0.322 e. The van der Waals surface area contributed by atoms with E-state index in [1.165, 1.54) is 11.3 Å². The maximum absolute atomic E-state index is 12.2. The summed E-state index contributed by atoms with van der Waals surface area (Å²) in [6, 6.07) is 5.41. The number of aromatic amines is 1. The summed E-state index contributed by atoms with van der Waals surface area (Å²) >= 11 is 1.39. The van der Waals surface area contributed by atoms with Crippen LogP contribution in [-0.4, -0.2) is 21.1 Å². The highest BCUT2D eigenvalue weighted by Gasteiger charge is 2.14. The van der Waals surface area contributed by atoms with Gasteiger partial charge in [0.25, 0.3) is 5.91 Å². The standard InChI is InChI=1S/C13H13N5OS/c1-7(14)13-17-11(6-20-13)12(19)16-9-3-2-4-10-8(9)5-15-18-10/h2-7H,14H2,1H3,(H,15,18)(H,16,19). The zero-order valence-electron chi connectivity index (χ0n) is 10.8. The van der Waals surface area contributed by atoms with E-state index in [-0.39, 0.29) is 11.9 Å². The number of nitrogens with zero attached hydrogens (tertiary/aromatic N) is 2. The van der Waals surface area contributed by atoms with Gasteiger partial charge in [-0.3, -0.25) is 9.89 Å². The number of amides is 1. The van der Waals surface area contributed by atoms with Gasteiger partial charge in [-0.15, -0.1) is 11.3 Å². The molecule has 6 nitrogen and oxygen atoms in total. The number of H-pyrrole nitrogens is 1. The first-order valence-corrected chi connectivity index (χ1v) is 6.97. The Morgan fingerprint density at radius 2 is 2.35 bits per heavy atom. The summed E-state index contributed by atoms with van der Waals surface area (Å²) in [5.74, 6) is -0.248. The second-order valence-corrected chi connectivity index (χ2v) is 5.34. The number of hydrogen-bond donors (Lipinski definition) is 3. The minimum atomic E-state index is -0.248. The van der Waals surface area contributed by atoms with Crippen molar-refractivity contribution in [2.45, 2.75) is 13.0 Å². The lowest BCUT2D eigenvalue weighted by molar-refractivity contribution is 0.102. The van der Waals surface area contributed by atoms with Crippen LogP contribution in [0, 0.1) is 0 Å². The van der Waals surface area contributed by atoms with E-state index >= 15 is 0 Å². The van der Waals surface area contributed by atoms with Gasteiger partial charge < -0.3 is 11.1 Å². The number of carbonyl (C=O) groups is 1. The van der Waals surface area contributed by atoms with Crippen LogP contribution in [0.25, 0.3) is 10.9 Å². The van der Waals surface area contributed by atoms with Gasteiger partial charge in [0.1, 0.15) is 10.7 Å². The van der Waals surface area contributed by atoms with Gasteiger partial charge in [0.15, 0.2) is 0 Å². The number of nitrogens with two attached hydrogens (primary N) is 1. The summed E-state index contributed by atoms with van der Waals surface area (Å²) in [4.78, 5) is 16.4. The van der Waals surface area contributed by atoms with E-state index in [0.717, 1.165) is 15.9 Å². The van der Waals surface area contributed by atoms with Crippen molar-refractivity contribution < 1.29 is 4.79 Å². The van der Waals surface area contributed by atoms with Gasteiger partial charge >= 0.3 is 0 Å². The molecule has 1 atom stereocenters. The molecule has 1 unspecified atom stereocenters. The highest BCUT2D eigenvalue weighted by atomic mass is 32.1. The Morgan fingerprint density at radius 1 is 1.50 bits per heavy atom. The highest BCUT2D eigenvalue weighted by molar-refractivity contribution is 7.09. The Hall–Kier alpha value is -2.25. The molecular formula is C13H13N5OS. The topological polar surface area (TPSA) is 96.7 Å². The molecule has 0 saturated carbocycles. The fraction of sp³-hybridized carbons (Fsp3) is 0.154. The first-order valence-electron chi connectivity index (χ1n) is 6.09. The molecule has 0 radical (unpaired) electrons. The van der Waals surface area contributed by atoms with E-state index in [4.69, 9.17) is 5.73 Å². The van der Waals surface area contributed by atoms with Crippen LogP contribution in [0.4, 0.5) is 5.69 Å². The van der Waals surface area contributed by atoms with E-state index in [1.807, 2.05) is 25.1 Å². The fourth-order valence-electron chi connectivity index (χ4n) is 1.86. The molecule has 1 amide bonds. The molecular weight excluding hydrogens is 274 g/mol. The molecule has 3 rings (SSSR count). The summed E-state index contributed by atoms with van der Waals surface area (Å²) in [6.07, 6.45) is 1.68. The smallest absolute Gasteiger partial charge is 0.275 e. The van der Waals surface area contributed by atoms with Crippen molar-refractivity contribution in [3.8, 4) is 0 Å². The highest BCUT2D eigenvalue weighted by Crippen LogP contribution is 2.22. The number of fused-ring (bicyclic) bond motifs is 1. The average molecular weight is 287 g/mol. The quantitative estimate of drug-likeness (QED) is 0.688. The molecule has 7 heteroatoms. The van der Waals surface area contributed by atoms with Crippen LogP contribution >= 0.6 is 11.3 Å². The summed E-state index contributed by atoms with van der Waals surface area (Å²) in [5.41, 5.74) is 7.70. The molecule has 102 valence electrons. The molecule has 0 bridgehead atoms. The first-order chi connectivity index (χ1) is 9.65. The number of aromatic nitrogens is 3. The molecule has 0 aliphatic heterocycles. The van der Waals surface area contributed by atoms with E-state index < -0.39 is 0 Å². The van der Waals surface area contributed by atoms with Crippen LogP contribution in [0.1, 0.15) is 28.5 Å². The Morgan fingerprint density at radius 3 is 3.10 bits per heavy atom. The van der Waals surface area contributed by atoms with Gasteiger partial charge in [0.2, 0.25) is 0 Å². The van der Waals surface area contributed by atoms with Crippen LogP contribution in [0.2, 0.25) is 0 Å². The lowest BCUT2D eigenvalue weighted by Gasteiger charge is -2.04. The van der Waals surface area contributed by atoms with Crippen molar-refractivity contribution in [1.82, 2.24) is 15.2 Å². The van der Waals surface area contributed by atoms with Crippen molar-refractivity contribution in [2.75, 3.05) is 5.32 Å². The molecule has 1 aromatic carbocycles. The number of hydrogen-bond acceptors (Lipinski definition) is 5. The molecule has 3 aromatic rings. The summed E-state index contributed by atoms with van der Waals surface area (Å²) in [5, 5.41) is 13.0. The molecule has 0 aliphatic carbocycles. The predicted octanol–water partition coefficient (Wildman–Crippen LogP) is 2.29. The van der Waals surface area contributed by atoms with Gasteiger partial charge in [-0.05, 0) is 19.1 Å². The minimum Gasteiger partial charge on any atom is -0.322 e. The second kappa shape index (κ2) is 5.03. The van der Waals surface area contributed by atoms with Crippen LogP contribution in [0.15, 0.2) is 29.8 Å². The average Bonchev–Trinajstić information content (AvgIpc) is 3.08. The third-order valence-corrected chi connectivity index (χ3v) is 3.92. The number of nitrogens with one attached hydrogen (secondary N) is 2. The molecule has 0 saturated heterocycles. The molecule has 2 heterocycles. The van der Waals surface area contributed by atoms with E-state index in [1.54, 1.807) is 11.6 Å². The van der Waals surface area contributed by atoms with Crippen LogP contribution in [0.3, 0.4) is 0 Å². The molecule has 20 heavy (non-hydrogen) atoms. The Balaban J connectivity index is 1.86. The van der Waals surface area contributed by atoms with Crippen LogP contribution in [-0.2, 0) is 0 Å². The van der Waals surface area contributed by atoms with Crippen LogP contribution in [0.5, 0.6) is 0 Å². The third-order valence-electron chi connectivity index (χ3n) is 2.88. The zero-order valence-corrected chi connectivity index (χ0v) is 11.6. The lowest BCUT2D eigenvalue weighted by atomic mass is 10.2. The number of benzene rings is 1. The molecule has 2 aromatic heterocycles. The van der Waals surface area contributed by atoms with Crippen molar-refractivity contribution >= 4 is 33.8 Å². The molecule has 0 aliphatic rings. The van der Waals surface area contributed by atoms with Crippen molar-refractivity contribution in [3.05, 3.63) is 40.5 Å². The fourth-order valence-corrected chi connectivity index (χ4v) is 2.62. The second-order valence-electron chi connectivity index (χ2n) is 4.45. The Kier molecular flexibility index (Phi) is 3.21. The maximum Gasteiger partial charge on any atom is 0.275 e. The van der Waals surface area contributed by atoms with Crippen molar-refractivity contribution in [2.24, 2.45) is 5.73 Å². The first kappa shape index (κ1) is 12.8. The minimum absolute atomic E-state index is 0.168. The van der Waals surface area contributed by atoms with Crippen molar-refractivity contribution in [1.29, 1.82) is 0 Å². The van der Waals surface area contributed by atoms with Gasteiger partial charge in [-0.2, -0.15) is 5.10 Å². The van der Waals surface area contributed by atoms with Crippen molar-refractivity contribution in [3.63, 3.8) is 0 Å². The third kappa shape index (κ3) is 2.28. The summed E-state index contributed by atoms with van der Waals surface area (Å²) < 4.78 is 0. The number of anilines is 1. The maximum atomic E-state index is 12.2. The van der Waals surface area contributed by atoms with E-state index in [2.05, 4.69) is 20.5 Å². The van der Waals surface area contributed by atoms with E-state index in [0.29, 0.717) is 11.4 Å². The lowest BCUT2D eigenvalue weighted by Crippen LogP contribution is -2.13. The SMILES string of the molecule is CC(N)c1nc(C(=O)Nc2cccc3[nH]ncc23)cs1. The molecule has 0 fully saturated rings. The van der Waals surface area contributed by atoms with Gasteiger partial charge in [-0.25, -0.2) is 4.98 Å². The number of carbonyl (C=O) groups excluding carboxylic acids is 1. The Bertz CT molecular complexity index is 761. The summed E-state index contributed by atoms with van der Waals surface area (Å²) in [7, 11) is 0. The normalized spacial score (nSPS) is 12.5. The summed E-state index contributed by atoms with van der Waals surface area (Å²) in [6.45, 7) is 1.84. The molecule has 4 N–H and O–H groups in total.